The minimum atomic E-state index is -1.03. The van der Waals surface area contributed by atoms with Crippen LogP contribution in [0.4, 0.5) is 5.69 Å². The quantitative estimate of drug-likeness (QED) is 0.662. The number of hydrogen-bond acceptors (Lipinski definition) is 4. The summed E-state index contributed by atoms with van der Waals surface area (Å²) in [5, 5.41) is 20.7. The van der Waals surface area contributed by atoms with E-state index in [0.29, 0.717) is 24.8 Å². The van der Waals surface area contributed by atoms with Crippen molar-refractivity contribution in [1.29, 1.82) is 0 Å². The molecule has 2 N–H and O–H groups in total. The van der Waals surface area contributed by atoms with E-state index in [4.69, 9.17) is 5.11 Å². The van der Waals surface area contributed by atoms with Gasteiger partial charge in [-0.2, -0.15) is 0 Å². The van der Waals surface area contributed by atoms with E-state index in [1.807, 2.05) is 0 Å². The van der Waals surface area contributed by atoms with Gasteiger partial charge in [-0.15, -0.1) is 0 Å². The molecule has 1 amide bonds. The molecule has 0 aliphatic carbocycles. The molecule has 1 atom stereocenters. The number of para-hydroxylation sites is 1. The number of nitro benzene ring substituents is 1. The summed E-state index contributed by atoms with van der Waals surface area (Å²) in [5.41, 5.74) is 0.312. The molecule has 1 aromatic heterocycles. The van der Waals surface area contributed by atoms with Gasteiger partial charge >= 0.3 is 5.97 Å². The Bertz CT molecular complexity index is 782. The van der Waals surface area contributed by atoms with Crippen molar-refractivity contribution in [2.45, 2.75) is 18.9 Å². The number of fused-ring (bicyclic) bond motifs is 1. The number of aromatic amines is 1. The van der Waals surface area contributed by atoms with Crippen LogP contribution in [-0.2, 0) is 4.79 Å². The van der Waals surface area contributed by atoms with Crippen LogP contribution >= 0.6 is 0 Å². The van der Waals surface area contributed by atoms with Crippen LogP contribution in [-0.4, -0.2) is 44.4 Å². The lowest BCUT2D eigenvalue weighted by atomic mass is 10.2. The number of likely N-dealkylation sites (tertiary alicyclic amines) is 1. The van der Waals surface area contributed by atoms with Gasteiger partial charge in [-0.3, -0.25) is 14.9 Å². The number of aromatic nitrogens is 1. The summed E-state index contributed by atoms with van der Waals surface area (Å²) in [4.78, 5) is 38.2. The zero-order chi connectivity index (χ0) is 15.9. The van der Waals surface area contributed by atoms with Gasteiger partial charge in [0.2, 0.25) is 0 Å². The molecule has 1 aromatic carbocycles. The summed E-state index contributed by atoms with van der Waals surface area (Å²) < 4.78 is 0. The molecule has 2 heterocycles. The van der Waals surface area contributed by atoms with Crippen LogP contribution in [0.2, 0.25) is 0 Å². The van der Waals surface area contributed by atoms with E-state index in [0.717, 1.165) is 0 Å². The van der Waals surface area contributed by atoms with Crippen molar-refractivity contribution in [3.05, 3.63) is 40.1 Å². The van der Waals surface area contributed by atoms with Crippen molar-refractivity contribution >= 4 is 28.5 Å². The largest absolute Gasteiger partial charge is 0.480 e. The highest BCUT2D eigenvalue weighted by atomic mass is 16.6. The standard InChI is InChI=1S/C14H13N3O5/c18-13(16-6-2-5-11(16)14(19)20)9-7-8-3-1-4-10(17(21)22)12(8)15-9/h1,3-4,7,11,15H,2,5-6H2,(H,19,20)/t11-/m1/s1. The summed E-state index contributed by atoms with van der Waals surface area (Å²) in [7, 11) is 0. The van der Waals surface area contributed by atoms with E-state index in [1.165, 1.54) is 17.0 Å². The molecule has 3 rings (SSSR count). The van der Waals surface area contributed by atoms with Gasteiger partial charge in [0.05, 0.1) is 4.92 Å². The predicted molar refractivity (Wildman–Crippen MR) is 76.6 cm³/mol. The summed E-state index contributed by atoms with van der Waals surface area (Å²) in [6, 6.07) is 5.23. The maximum Gasteiger partial charge on any atom is 0.326 e. The highest BCUT2D eigenvalue weighted by molar-refractivity contribution is 6.01. The Hall–Kier alpha value is -2.90. The number of carbonyl (C=O) groups is 2. The van der Waals surface area contributed by atoms with Crippen LogP contribution in [0.5, 0.6) is 0 Å². The lowest BCUT2D eigenvalue weighted by Crippen LogP contribution is -2.40. The third-order valence-corrected chi connectivity index (χ3v) is 3.86. The molecule has 0 radical (unpaired) electrons. The fraction of sp³-hybridized carbons (Fsp3) is 0.286. The van der Waals surface area contributed by atoms with Crippen molar-refractivity contribution in [2.24, 2.45) is 0 Å². The number of rotatable bonds is 3. The minimum Gasteiger partial charge on any atom is -0.480 e. The van der Waals surface area contributed by atoms with Crippen molar-refractivity contribution in [2.75, 3.05) is 6.54 Å². The van der Waals surface area contributed by atoms with E-state index in [1.54, 1.807) is 12.1 Å². The molecule has 8 heteroatoms. The average molecular weight is 303 g/mol. The fourth-order valence-electron chi connectivity index (χ4n) is 2.83. The zero-order valence-electron chi connectivity index (χ0n) is 11.5. The summed E-state index contributed by atoms with van der Waals surface area (Å²) in [5.74, 6) is -1.48. The number of benzene rings is 1. The van der Waals surface area contributed by atoms with Crippen molar-refractivity contribution in [1.82, 2.24) is 9.88 Å². The molecule has 0 spiro atoms. The van der Waals surface area contributed by atoms with E-state index in [-0.39, 0.29) is 16.9 Å². The smallest absolute Gasteiger partial charge is 0.326 e. The van der Waals surface area contributed by atoms with Gasteiger partial charge in [0, 0.05) is 18.0 Å². The van der Waals surface area contributed by atoms with Crippen LogP contribution in [0.25, 0.3) is 10.9 Å². The second-order valence-electron chi connectivity index (χ2n) is 5.18. The van der Waals surface area contributed by atoms with Crippen LogP contribution in [0.1, 0.15) is 23.3 Å². The molecular weight excluding hydrogens is 290 g/mol. The van der Waals surface area contributed by atoms with Gasteiger partial charge in [-0.25, -0.2) is 4.79 Å². The predicted octanol–water partition coefficient (Wildman–Crippen LogP) is 1.77. The third-order valence-electron chi connectivity index (χ3n) is 3.86. The lowest BCUT2D eigenvalue weighted by Gasteiger charge is -2.20. The summed E-state index contributed by atoms with van der Waals surface area (Å²) >= 11 is 0. The number of H-pyrrole nitrogens is 1. The first kappa shape index (κ1) is 14.1. The maximum atomic E-state index is 12.5. The highest BCUT2D eigenvalue weighted by Gasteiger charge is 2.35. The van der Waals surface area contributed by atoms with Gasteiger partial charge in [0.1, 0.15) is 17.3 Å². The number of carbonyl (C=O) groups excluding carboxylic acids is 1. The molecule has 114 valence electrons. The molecule has 0 saturated carbocycles. The number of carboxylic acid groups (broad SMARTS) is 1. The molecular formula is C14H13N3O5. The Kier molecular flexibility index (Phi) is 3.28. The fourth-order valence-corrected chi connectivity index (χ4v) is 2.83. The van der Waals surface area contributed by atoms with Gasteiger partial charge in [0.25, 0.3) is 11.6 Å². The van der Waals surface area contributed by atoms with E-state index in [2.05, 4.69) is 4.98 Å². The van der Waals surface area contributed by atoms with Gasteiger partial charge in [0.15, 0.2) is 0 Å². The Labute approximate surface area is 124 Å². The van der Waals surface area contributed by atoms with Crippen molar-refractivity contribution in [3.63, 3.8) is 0 Å². The Balaban J connectivity index is 2.00. The molecule has 1 fully saturated rings. The summed E-state index contributed by atoms with van der Waals surface area (Å²) in [6.45, 7) is 0.368. The zero-order valence-corrected chi connectivity index (χ0v) is 11.5. The Morgan fingerprint density at radius 3 is 2.86 bits per heavy atom. The van der Waals surface area contributed by atoms with Crippen molar-refractivity contribution < 1.29 is 19.6 Å². The molecule has 22 heavy (non-hydrogen) atoms. The third kappa shape index (κ3) is 2.18. The first-order valence-electron chi connectivity index (χ1n) is 6.79. The monoisotopic (exact) mass is 303 g/mol. The first-order chi connectivity index (χ1) is 10.5. The van der Waals surface area contributed by atoms with Crippen LogP contribution in [0.15, 0.2) is 24.3 Å². The van der Waals surface area contributed by atoms with Gasteiger partial charge in [-0.05, 0) is 18.9 Å². The molecule has 0 unspecified atom stereocenters. The van der Waals surface area contributed by atoms with E-state index < -0.39 is 22.8 Å². The van der Waals surface area contributed by atoms with Crippen LogP contribution in [0, 0.1) is 10.1 Å². The number of nitrogens with zero attached hydrogens (tertiary/aromatic N) is 2. The Morgan fingerprint density at radius 1 is 1.41 bits per heavy atom. The second-order valence-corrected chi connectivity index (χ2v) is 5.18. The van der Waals surface area contributed by atoms with Gasteiger partial charge < -0.3 is 15.0 Å². The number of nitro groups is 1. The van der Waals surface area contributed by atoms with Crippen LogP contribution in [0.3, 0.4) is 0 Å². The average Bonchev–Trinajstić information content (AvgIpc) is 3.12. The van der Waals surface area contributed by atoms with Crippen molar-refractivity contribution in [3.8, 4) is 0 Å². The topological polar surface area (TPSA) is 117 Å². The van der Waals surface area contributed by atoms with Gasteiger partial charge in [-0.1, -0.05) is 12.1 Å². The number of hydrogen-bond donors (Lipinski definition) is 2. The SMILES string of the molecule is O=C(O)[C@H]1CCCN1C(=O)c1cc2cccc([N+](=O)[O-])c2[nH]1. The minimum absolute atomic E-state index is 0.118. The lowest BCUT2D eigenvalue weighted by molar-refractivity contribution is -0.383. The van der Waals surface area contributed by atoms with E-state index in [9.17, 15) is 19.7 Å². The number of aliphatic carboxylic acids is 1. The molecule has 8 nitrogen and oxygen atoms in total. The maximum absolute atomic E-state index is 12.5. The van der Waals surface area contributed by atoms with Crippen LogP contribution < -0.4 is 0 Å². The number of carboxylic acids is 1. The molecule has 1 aliphatic heterocycles. The number of non-ortho nitro benzene ring substituents is 1. The highest BCUT2D eigenvalue weighted by Crippen LogP contribution is 2.27. The number of amides is 1. The Morgan fingerprint density at radius 2 is 2.18 bits per heavy atom. The van der Waals surface area contributed by atoms with E-state index >= 15 is 0 Å². The summed E-state index contributed by atoms with van der Waals surface area (Å²) in [6.07, 6.45) is 1.05. The second kappa shape index (κ2) is 5.14. The normalized spacial score (nSPS) is 17.8. The number of nitrogens with one attached hydrogen (secondary N) is 1. The molecule has 2 aromatic rings. The molecule has 1 saturated heterocycles. The molecule has 1 aliphatic rings. The first-order valence-corrected chi connectivity index (χ1v) is 6.79. The molecule has 0 bridgehead atoms.